The number of carbonyl (C=O) groups excluding carboxylic acids is 1. The molecule has 1 amide bonds. The standard InChI is InChI=1S/C34H28FN3OS/c35-29-13-7-11-27(22-29)24-37-20-18-28-21-26(16-17-31(28)37)23-32-33(39)38(19-8-12-25-9-3-1-4-10-25)34(40-32)36-30-14-5-2-6-15-30/h1-7,9-11,13-18,20-23H,8,12,19,24H2/b32-23+,36-34?. The number of carbonyl (C=O) groups is 1. The van der Waals surface area contributed by atoms with Crippen molar-refractivity contribution in [1.29, 1.82) is 0 Å². The molecule has 198 valence electrons. The molecule has 4 aromatic carbocycles. The van der Waals surface area contributed by atoms with E-state index in [0.29, 0.717) is 23.2 Å². The first-order valence-electron chi connectivity index (χ1n) is 13.3. The lowest BCUT2D eigenvalue weighted by Crippen LogP contribution is -2.30. The fraction of sp³-hybridized carbons (Fsp3) is 0.118. The number of rotatable bonds is 8. The maximum atomic E-state index is 13.7. The van der Waals surface area contributed by atoms with Gasteiger partial charge in [0, 0.05) is 30.2 Å². The second-order valence-corrected chi connectivity index (χ2v) is 10.8. The second kappa shape index (κ2) is 11.8. The number of aryl methyl sites for hydroxylation is 1. The Morgan fingerprint density at radius 1 is 0.825 bits per heavy atom. The van der Waals surface area contributed by atoms with E-state index in [1.165, 1.54) is 23.4 Å². The summed E-state index contributed by atoms with van der Waals surface area (Å²) in [6.07, 6.45) is 5.72. The molecule has 40 heavy (non-hydrogen) atoms. The van der Waals surface area contributed by atoms with Gasteiger partial charge < -0.3 is 4.57 Å². The quantitative estimate of drug-likeness (QED) is 0.185. The molecule has 5 aromatic rings. The van der Waals surface area contributed by atoms with Gasteiger partial charge in [-0.1, -0.05) is 66.7 Å². The van der Waals surface area contributed by atoms with Crippen LogP contribution in [0.25, 0.3) is 17.0 Å². The summed E-state index contributed by atoms with van der Waals surface area (Å²) in [5, 5.41) is 1.77. The zero-order valence-electron chi connectivity index (χ0n) is 21.9. The molecule has 0 atom stereocenters. The molecule has 0 bridgehead atoms. The Morgan fingerprint density at radius 3 is 2.40 bits per heavy atom. The minimum Gasteiger partial charge on any atom is -0.343 e. The number of halogens is 1. The summed E-state index contributed by atoms with van der Waals surface area (Å²) >= 11 is 1.42. The SMILES string of the molecule is O=C1/C(=C\c2ccc3c(ccn3Cc3cccc(F)c3)c2)SC(=Nc2ccccc2)N1CCCc1ccccc1. The molecule has 1 saturated heterocycles. The van der Waals surface area contributed by atoms with Crippen LogP contribution in [-0.2, 0) is 17.8 Å². The highest BCUT2D eigenvalue weighted by Gasteiger charge is 2.33. The molecular formula is C34H28FN3OS. The largest absolute Gasteiger partial charge is 0.343 e. The van der Waals surface area contributed by atoms with Gasteiger partial charge in [-0.05, 0) is 89.8 Å². The smallest absolute Gasteiger partial charge is 0.266 e. The van der Waals surface area contributed by atoms with Crippen LogP contribution in [-0.4, -0.2) is 27.1 Å². The summed E-state index contributed by atoms with van der Waals surface area (Å²) in [5.41, 5.74) is 5.02. The molecule has 6 heteroatoms. The van der Waals surface area contributed by atoms with Gasteiger partial charge in [-0.25, -0.2) is 9.38 Å². The van der Waals surface area contributed by atoms with Crippen molar-refractivity contribution >= 4 is 45.5 Å². The molecule has 4 nitrogen and oxygen atoms in total. The predicted octanol–water partition coefficient (Wildman–Crippen LogP) is 8.07. The number of fused-ring (bicyclic) bond motifs is 1. The molecule has 0 unspecified atom stereocenters. The van der Waals surface area contributed by atoms with E-state index in [1.54, 1.807) is 17.0 Å². The molecule has 2 heterocycles. The lowest BCUT2D eigenvalue weighted by Gasteiger charge is -2.15. The molecule has 0 radical (unpaired) electrons. The van der Waals surface area contributed by atoms with Crippen LogP contribution in [0, 0.1) is 5.82 Å². The summed E-state index contributed by atoms with van der Waals surface area (Å²) in [4.78, 5) is 20.9. The van der Waals surface area contributed by atoms with E-state index in [2.05, 4.69) is 34.9 Å². The maximum absolute atomic E-state index is 13.7. The monoisotopic (exact) mass is 545 g/mol. The molecule has 1 aromatic heterocycles. The van der Waals surface area contributed by atoms with Crippen molar-refractivity contribution < 1.29 is 9.18 Å². The third-order valence-electron chi connectivity index (χ3n) is 6.89. The first-order chi connectivity index (χ1) is 19.6. The van der Waals surface area contributed by atoms with E-state index in [1.807, 2.05) is 72.9 Å². The van der Waals surface area contributed by atoms with Crippen LogP contribution in [0.4, 0.5) is 10.1 Å². The number of thioether (sulfide) groups is 1. The van der Waals surface area contributed by atoms with Gasteiger partial charge in [0.1, 0.15) is 5.82 Å². The molecule has 1 aliphatic heterocycles. The van der Waals surface area contributed by atoms with E-state index >= 15 is 0 Å². The number of hydrogen-bond acceptors (Lipinski definition) is 3. The van der Waals surface area contributed by atoms with Crippen LogP contribution in [0.5, 0.6) is 0 Å². The first-order valence-corrected chi connectivity index (χ1v) is 14.2. The Bertz CT molecular complexity index is 1710. The first kappa shape index (κ1) is 25.8. The maximum Gasteiger partial charge on any atom is 0.266 e. The highest BCUT2D eigenvalue weighted by molar-refractivity contribution is 8.18. The second-order valence-electron chi connectivity index (χ2n) is 9.78. The van der Waals surface area contributed by atoms with Crippen LogP contribution >= 0.6 is 11.8 Å². The van der Waals surface area contributed by atoms with Gasteiger partial charge in [-0.15, -0.1) is 0 Å². The lowest BCUT2D eigenvalue weighted by atomic mass is 10.1. The Morgan fingerprint density at radius 2 is 1.60 bits per heavy atom. The van der Waals surface area contributed by atoms with Gasteiger partial charge in [0.25, 0.3) is 5.91 Å². The normalized spacial score (nSPS) is 15.5. The summed E-state index contributed by atoms with van der Waals surface area (Å²) in [7, 11) is 0. The lowest BCUT2D eigenvalue weighted by molar-refractivity contribution is -0.122. The number of aliphatic imine (C=N–C) groups is 1. The zero-order valence-corrected chi connectivity index (χ0v) is 22.7. The van der Waals surface area contributed by atoms with Crippen LogP contribution in [0.2, 0.25) is 0 Å². The van der Waals surface area contributed by atoms with Crippen LogP contribution in [0.3, 0.4) is 0 Å². The molecule has 0 aliphatic carbocycles. The summed E-state index contributed by atoms with van der Waals surface area (Å²) < 4.78 is 15.8. The molecule has 0 N–H and O–H groups in total. The Labute approximate surface area is 237 Å². The third kappa shape index (κ3) is 5.92. The van der Waals surface area contributed by atoms with Crippen LogP contribution in [0.15, 0.2) is 125 Å². The van der Waals surface area contributed by atoms with Crippen LogP contribution in [0.1, 0.15) is 23.1 Å². The number of para-hydroxylation sites is 1. The van der Waals surface area contributed by atoms with E-state index in [0.717, 1.165) is 40.6 Å². The highest BCUT2D eigenvalue weighted by atomic mass is 32.2. The average Bonchev–Trinajstić information content (AvgIpc) is 3.49. The third-order valence-corrected chi connectivity index (χ3v) is 7.90. The average molecular weight is 546 g/mol. The fourth-order valence-corrected chi connectivity index (χ4v) is 5.94. The molecule has 1 aliphatic rings. The minimum atomic E-state index is -0.231. The topological polar surface area (TPSA) is 37.6 Å². The van der Waals surface area contributed by atoms with Gasteiger partial charge in [-0.2, -0.15) is 0 Å². The molecule has 6 rings (SSSR count). The number of amides is 1. The van der Waals surface area contributed by atoms with Crippen molar-refractivity contribution in [3.8, 4) is 0 Å². The van der Waals surface area contributed by atoms with Crippen molar-refractivity contribution in [1.82, 2.24) is 9.47 Å². The Hall–Kier alpha value is -4.42. The predicted molar refractivity (Wildman–Crippen MR) is 163 cm³/mol. The van der Waals surface area contributed by atoms with Crippen molar-refractivity contribution in [3.05, 3.63) is 143 Å². The molecule has 0 spiro atoms. The summed E-state index contributed by atoms with van der Waals surface area (Å²) in [5.74, 6) is -0.248. The number of hydrogen-bond donors (Lipinski definition) is 0. The van der Waals surface area contributed by atoms with E-state index in [-0.39, 0.29) is 11.7 Å². The van der Waals surface area contributed by atoms with Crippen molar-refractivity contribution in [2.75, 3.05) is 6.54 Å². The van der Waals surface area contributed by atoms with Gasteiger partial charge >= 0.3 is 0 Å². The Kier molecular flexibility index (Phi) is 7.60. The van der Waals surface area contributed by atoms with E-state index in [9.17, 15) is 9.18 Å². The van der Waals surface area contributed by atoms with Crippen molar-refractivity contribution in [3.63, 3.8) is 0 Å². The van der Waals surface area contributed by atoms with Gasteiger partial charge in [0.15, 0.2) is 5.17 Å². The van der Waals surface area contributed by atoms with Crippen molar-refractivity contribution in [2.24, 2.45) is 4.99 Å². The zero-order chi connectivity index (χ0) is 27.3. The minimum absolute atomic E-state index is 0.0171. The van der Waals surface area contributed by atoms with Crippen LogP contribution < -0.4 is 0 Å². The van der Waals surface area contributed by atoms with Crippen molar-refractivity contribution in [2.45, 2.75) is 19.4 Å². The summed E-state index contributed by atoms with van der Waals surface area (Å²) in [6.45, 7) is 1.19. The number of aromatic nitrogens is 1. The summed E-state index contributed by atoms with van der Waals surface area (Å²) in [6, 6.07) is 35.0. The Balaban J connectivity index is 1.24. The fourth-order valence-electron chi connectivity index (χ4n) is 4.92. The van der Waals surface area contributed by atoms with E-state index < -0.39 is 0 Å². The number of benzene rings is 4. The van der Waals surface area contributed by atoms with Gasteiger partial charge in [-0.3, -0.25) is 9.69 Å². The molecule has 0 saturated carbocycles. The molecule has 1 fully saturated rings. The van der Waals surface area contributed by atoms with Gasteiger partial charge in [0.2, 0.25) is 0 Å². The number of nitrogens with zero attached hydrogens (tertiary/aromatic N) is 3. The highest BCUT2D eigenvalue weighted by Crippen LogP contribution is 2.35. The number of amidine groups is 1. The molecular weight excluding hydrogens is 517 g/mol. The van der Waals surface area contributed by atoms with E-state index in [4.69, 9.17) is 4.99 Å². The van der Waals surface area contributed by atoms with Gasteiger partial charge in [0.05, 0.1) is 10.6 Å².